The molecule has 3 rings (SSSR count). The van der Waals surface area contributed by atoms with Crippen molar-refractivity contribution >= 4 is 10.9 Å². The Kier molecular flexibility index (Phi) is 5.34. The van der Waals surface area contributed by atoms with Crippen molar-refractivity contribution in [2.45, 2.75) is 20.3 Å². The van der Waals surface area contributed by atoms with E-state index in [-0.39, 0.29) is 5.82 Å². The number of likely N-dealkylation sites (N-methyl/N-ethyl adjacent to an activating group) is 1. The van der Waals surface area contributed by atoms with Crippen LogP contribution in [0.1, 0.15) is 19.4 Å². The number of rotatable bonds is 7. The Hall–Kier alpha value is -2.39. The maximum Gasteiger partial charge on any atom is 0.123 e. The lowest BCUT2D eigenvalue weighted by molar-refractivity contribution is 0.317. The summed E-state index contributed by atoms with van der Waals surface area (Å²) in [4.78, 5) is 5.88. The van der Waals surface area contributed by atoms with Crippen LogP contribution in [-0.2, 0) is 6.42 Å². The molecule has 0 amide bonds. The predicted molar refractivity (Wildman–Crippen MR) is 104 cm³/mol. The van der Waals surface area contributed by atoms with E-state index in [2.05, 4.69) is 48.5 Å². The van der Waals surface area contributed by atoms with Crippen LogP contribution in [0.15, 0.2) is 60.7 Å². The van der Waals surface area contributed by atoms with Crippen molar-refractivity contribution in [3.05, 3.63) is 72.1 Å². The molecule has 130 valence electrons. The number of aromatic nitrogens is 1. The largest absolute Gasteiger partial charge is 0.354 e. The molecule has 0 aliphatic heterocycles. The monoisotopic (exact) mass is 336 g/mol. The summed E-state index contributed by atoms with van der Waals surface area (Å²) in [5.74, 6) is -0.209. The summed E-state index contributed by atoms with van der Waals surface area (Å²) in [5, 5.41) is 1.22. The van der Waals surface area contributed by atoms with E-state index >= 15 is 0 Å². The average Bonchev–Trinajstić information content (AvgIpc) is 2.97. The smallest absolute Gasteiger partial charge is 0.123 e. The molecule has 2 nitrogen and oxygen atoms in total. The van der Waals surface area contributed by atoms with Gasteiger partial charge in [-0.1, -0.05) is 49.4 Å². The molecule has 0 saturated heterocycles. The molecule has 1 N–H and O–H groups in total. The van der Waals surface area contributed by atoms with Gasteiger partial charge in [0.25, 0.3) is 0 Å². The molecule has 0 saturated carbocycles. The third-order valence-corrected chi connectivity index (χ3v) is 4.55. The van der Waals surface area contributed by atoms with Crippen molar-refractivity contribution in [2.75, 3.05) is 19.6 Å². The Bertz CT molecular complexity index is 879. The lowest BCUT2D eigenvalue weighted by atomic mass is 10.0. The van der Waals surface area contributed by atoms with Crippen LogP contribution in [0.4, 0.5) is 4.39 Å². The van der Waals surface area contributed by atoms with Gasteiger partial charge in [0.15, 0.2) is 0 Å². The quantitative estimate of drug-likeness (QED) is 0.571. The highest BCUT2D eigenvalue weighted by molar-refractivity contribution is 5.90. The fourth-order valence-corrected chi connectivity index (χ4v) is 3.35. The molecule has 2 aromatic carbocycles. The van der Waals surface area contributed by atoms with Gasteiger partial charge in [-0.15, -0.1) is 0 Å². The van der Waals surface area contributed by atoms with Crippen LogP contribution < -0.4 is 0 Å². The topological polar surface area (TPSA) is 19.0 Å². The summed E-state index contributed by atoms with van der Waals surface area (Å²) >= 11 is 0. The van der Waals surface area contributed by atoms with Crippen molar-refractivity contribution in [1.82, 2.24) is 9.88 Å². The number of halogens is 1. The summed E-state index contributed by atoms with van der Waals surface area (Å²) in [6.07, 6.45) is 0.914. The van der Waals surface area contributed by atoms with Gasteiger partial charge in [-0.25, -0.2) is 4.39 Å². The summed E-state index contributed by atoms with van der Waals surface area (Å²) in [7, 11) is 0. The van der Waals surface area contributed by atoms with Gasteiger partial charge in [0.1, 0.15) is 5.82 Å². The Balaban J connectivity index is 1.97. The molecule has 3 aromatic rings. The lowest BCUT2D eigenvalue weighted by Gasteiger charge is -2.20. The molecule has 0 aliphatic rings. The second-order valence-corrected chi connectivity index (χ2v) is 6.61. The van der Waals surface area contributed by atoms with Crippen molar-refractivity contribution in [2.24, 2.45) is 0 Å². The van der Waals surface area contributed by atoms with E-state index in [4.69, 9.17) is 0 Å². The van der Waals surface area contributed by atoms with Crippen LogP contribution in [0.25, 0.3) is 22.2 Å². The zero-order chi connectivity index (χ0) is 17.8. The zero-order valence-electron chi connectivity index (χ0n) is 15.0. The Morgan fingerprint density at radius 3 is 2.68 bits per heavy atom. The number of fused-ring (bicyclic) bond motifs is 1. The summed E-state index contributed by atoms with van der Waals surface area (Å²) in [6, 6.07) is 15.1. The molecule has 0 spiro atoms. The van der Waals surface area contributed by atoms with Gasteiger partial charge in [-0.2, -0.15) is 0 Å². The van der Waals surface area contributed by atoms with Crippen molar-refractivity contribution in [3.63, 3.8) is 0 Å². The van der Waals surface area contributed by atoms with Gasteiger partial charge < -0.3 is 4.98 Å². The van der Waals surface area contributed by atoms with Gasteiger partial charge in [0, 0.05) is 35.2 Å². The molecule has 0 fully saturated rings. The third kappa shape index (κ3) is 3.99. The first-order valence-corrected chi connectivity index (χ1v) is 8.80. The average molecular weight is 336 g/mol. The van der Waals surface area contributed by atoms with E-state index < -0.39 is 0 Å². The molecular formula is C22H25FN2. The van der Waals surface area contributed by atoms with Gasteiger partial charge in [0.2, 0.25) is 0 Å². The molecule has 0 unspecified atom stereocenters. The van der Waals surface area contributed by atoms with E-state index in [1.165, 1.54) is 22.6 Å². The normalized spacial score (nSPS) is 11.4. The number of nitrogens with zero attached hydrogens (tertiary/aromatic N) is 1. The van der Waals surface area contributed by atoms with Crippen LogP contribution in [0.5, 0.6) is 0 Å². The molecule has 3 heteroatoms. The highest BCUT2D eigenvalue weighted by Crippen LogP contribution is 2.31. The van der Waals surface area contributed by atoms with Crippen LogP contribution in [0, 0.1) is 5.82 Å². The minimum Gasteiger partial charge on any atom is -0.354 e. The molecule has 0 aliphatic carbocycles. The maximum atomic E-state index is 13.7. The summed E-state index contributed by atoms with van der Waals surface area (Å²) in [5.41, 5.74) is 5.44. The molecule has 25 heavy (non-hydrogen) atoms. The summed E-state index contributed by atoms with van der Waals surface area (Å²) in [6.45, 7) is 11.1. The minimum atomic E-state index is -0.209. The molecule has 0 atom stereocenters. The van der Waals surface area contributed by atoms with Crippen molar-refractivity contribution in [1.29, 1.82) is 0 Å². The Morgan fingerprint density at radius 2 is 1.96 bits per heavy atom. The number of benzene rings is 2. The second kappa shape index (κ2) is 7.66. The van der Waals surface area contributed by atoms with E-state index in [9.17, 15) is 4.39 Å². The van der Waals surface area contributed by atoms with Crippen molar-refractivity contribution < 1.29 is 4.39 Å². The number of aromatic amines is 1. The maximum absolute atomic E-state index is 13.7. The zero-order valence-corrected chi connectivity index (χ0v) is 15.0. The molecule has 1 heterocycles. The number of para-hydroxylation sites is 1. The molecule has 1 aromatic heterocycles. The first-order valence-electron chi connectivity index (χ1n) is 8.80. The van der Waals surface area contributed by atoms with Gasteiger partial charge >= 0.3 is 0 Å². The van der Waals surface area contributed by atoms with Crippen LogP contribution >= 0.6 is 0 Å². The number of nitrogens with one attached hydrogen (secondary N) is 1. The van der Waals surface area contributed by atoms with Gasteiger partial charge in [-0.05, 0) is 43.7 Å². The van der Waals surface area contributed by atoms with E-state index in [1.807, 2.05) is 12.1 Å². The Morgan fingerprint density at radius 1 is 1.16 bits per heavy atom. The fourth-order valence-electron chi connectivity index (χ4n) is 3.35. The summed E-state index contributed by atoms with van der Waals surface area (Å²) < 4.78 is 13.7. The standard InChI is InChI=1S/C22H25FN2/c1-4-25(15-16(2)3)13-12-20-19-10-5-6-11-21(19)24-22(20)17-8-7-9-18(23)14-17/h5-11,14,24H,2,4,12-13,15H2,1,3H3. The minimum absolute atomic E-state index is 0.209. The molecule has 0 bridgehead atoms. The fraction of sp³-hybridized carbons (Fsp3) is 0.273. The van der Waals surface area contributed by atoms with Crippen LogP contribution in [0.2, 0.25) is 0 Å². The number of hydrogen-bond donors (Lipinski definition) is 1. The van der Waals surface area contributed by atoms with E-state index in [0.717, 1.165) is 42.8 Å². The van der Waals surface area contributed by atoms with Gasteiger partial charge in [0.05, 0.1) is 0 Å². The second-order valence-electron chi connectivity index (χ2n) is 6.61. The van der Waals surface area contributed by atoms with E-state index in [0.29, 0.717) is 0 Å². The Labute approximate surface area is 149 Å². The molecular weight excluding hydrogens is 311 g/mol. The van der Waals surface area contributed by atoms with Crippen LogP contribution in [-0.4, -0.2) is 29.5 Å². The predicted octanol–water partition coefficient (Wildman–Crippen LogP) is 5.41. The third-order valence-electron chi connectivity index (χ3n) is 4.55. The highest BCUT2D eigenvalue weighted by Gasteiger charge is 2.14. The number of hydrogen-bond acceptors (Lipinski definition) is 1. The van der Waals surface area contributed by atoms with Crippen LogP contribution in [0.3, 0.4) is 0 Å². The van der Waals surface area contributed by atoms with E-state index in [1.54, 1.807) is 12.1 Å². The lowest BCUT2D eigenvalue weighted by Crippen LogP contribution is -2.27. The number of H-pyrrole nitrogens is 1. The van der Waals surface area contributed by atoms with Gasteiger partial charge in [-0.3, -0.25) is 4.90 Å². The first-order chi connectivity index (χ1) is 12.1. The van der Waals surface area contributed by atoms with Crippen molar-refractivity contribution in [3.8, 4) is 11.3 Å². The highest BCUT2D eigenvalue weighted by atomic mass is 19.1. The first kappa shape index (κ1) is 17.4. The molecule has 0 radical (unpaired) electrons. The SMILES string of the molecule is C=C(C)CN(CC)CCc1c(-c2cccc(F)c2)[nH]c2ccccc12.